The summed E-state index contributed by atoms with van der Waals surface area (Å²) >= 11 is 3.44. The molecule has 20 heavy (non-hydrogen) atoms. The molecule has 3 nitrogen and oxygen atoms in total. The zero-order valence-electron chi connectivity index (χ0n) is 12.1. The molecule has 2 atom stereocenters. The predicted octanol–water partition coefficient (Wildman–Crippen LogP) is 2.94. The van der Waals surface area contributed by atoms with Crippen molar-refractivity contribution in [3.05, 3.63) is 35.4 Å². The van der Waals surface area contributed by atoms with Crippen molar-refractivity contribution in [1.29, 1.82) is 0 Å². The molecule has 0 aliphatic carbocycles. The van der Waals surface area contributed by atoms with Gasteiger partial charge in [-0.05, 0) is 25.8 Å². The van der Waals surface area contributed by atoms with Gasteiger partial charge >= 0.3 is 0 Å². The number of carbonyl (C=O) groups excluding carboxylic acids is 1. The lowest BCUT2D eigenvalue weighted by molar-refractivity contribution is -0.142. The number of rotatable bonds is 4. The van der Waals surface area contributed by atoms with Gasteiger partial charge in [-0.1, -0.05) is 45.8 Å². The van der Waals surface area contributed by atoms with Crippen LogP contribution >= 0.6 is 15.9 Å². The maximum Gasteiger partial charge on any atom is 0.223 e. The minimum Gasteiger partial charge on any atom is -0.371 e. The molecule has 1 fully saturated rings. The highest BCUT2D eigenvalue weighted by Gasteiger charge is 2.27. The van der Waals surface area contributed by atoms with Crippen LogP contribution in [-0.4, -0.2) is 41.4 Å². The summed E-state index contributed by atoms with van der Waals surface area (Å²) in [5.74, 6) is 0.229. The molecule has 0 aromatic heterocycles. The Bertz CT molecular complexity index is 464. The molecule has 1 aliphatic rings. The zero-order chi connectivity index (χ0) is 14.5. The lowest BCUT2D eigenvalue weighted by Crippen LogP contribution is -2.49. The smallest absolute Gasteiger partial charge is 0.223 e. The number of halogens is 1. The molecule has 0 N–H and O–H groups in total. The van der Waals surface area contributed by atoms with Gasteiger partial charge in [-0.25, -0.2) is 0 Å². The largest absolute Gasteiger partial charge is 0.371 e. The number of alkyl halides is 1. The number of aryl methyl sites for hydroxylation is 2. The molecule has 0 bridgehead atoms. The summed E-state index contributed by atoms with van der Waals surface area (Å²) in [5.41, 5.74) is 2.48. The maximum atomic E-state index is 12.3. The van der Waals surface area contributed by atoms with Gasteiger partial charge in [-0.3, -0.25) is 4.79 Å². The third-order valence-electron chi connectivity index (χ3n) is 3.56. The molecular weight excluding hydrogens is 318 g/mol. The molecule has 0 saturated carbocycles. The summed E-state index contributed by atoms with van der Waals surface area (Å²) in [7, 11) is 0. The van der Waals surface area contributed by atoms with Crippen molar-refractivity contribution in [3.63, 3.8) is 0 Å². The van der Waals surface area contributed by atoms with Crippen LogP contribution in [0.15, 0.2) is 24.3 Å². The van der Waals surface area contributed by atoms with Crippen molar-refractivity contribution in [2.24, 2.45) is 0 Å². The fourth-order valence-corrected chi connectivity index (χ4v) is 2.97. The summed E-state index contributed by atoms with van der Waals surface area (Å²) in [5, 5.41) is 0.777. The Labute approximate surface area is 129 Å². The van der Waals surface area contributed by atoms with E-state index in [9.17, 15) is 4.79 Å². The van der Waals surface area contributed by atoms with Gasteiger partial charge in [0.25, 0.3) is 0 Å². The van der Waals surface area contributed by atoms with E-state index in [2.05, 4.69) is 41.1 Å². The zero-order valence-corrected chi connectivity index (χ0v) is 13.7. The number of nitrogens with zero attached hydrogens (tertiary/aromatic N) is 1. The van der Waals surface area contributed by atoms with Crippen LogP contribution in [0, 0.1) is 6.92 Å². The Hall–Kier alpha value is -0.870. The lowest BCUT2D eigenvalue weighted by atomic mass is 10.1. The molecule has 4 heteroatoms. The van der Waals surface area contributed by atoms with Gasteiger partial charge in [0.2, 0.25) is 5.91 Å². The molecule has 1 saturated heterocycles. The first-order valence-electron chi connectivity index (χ1n) is 7.13. The number of hydrogen-bond acceptors (Lipinski definition) is 2. The molecule has 0 spiro atoms. The average molecular weight is 340 g/mol. The molecule has 1 heterocycles. The van der Waals surface area contributed by atoms with E-state index in [-0.39, 0.29) is 18.1 Å². The molecule has 1 aliphatic heterocycles. The average Bonchev–Trinajstić information content (AvgIpc) is 2.44. The van der Waals surface area contributed by atoms with Crippen LogP contribution in [0.5, 0.6) is 0 Å². The Morgan fingerprint density at radius 2 is 2.25 bits per heavy atom. The topological polar surface area (TPSA) is 29.5 Å². The number of benzene rings is 1. The fourth-order valence-electron chi connectivity index (χ4n) is 2.61. The maximum absolute atomic E-state index is 12.3. The van der Waals surface area contributed by atoms with Gasteiger partial charge in [0.15, 0.2) is 0 Å². The standard InChI is InChI=1S/C16H22BrNO2/c1-12-4-3-5-14(8-12)6-7-16(19)18-10-13(2)20-15(9-17)11-18/h3-5,8,13,15H,6-7,9-11H2,1-2H3. The minimum absolute atomic E-state index is 0.113. The quantitative estimate of drug-likeness (QED) is 0.789. The van der Waals surface area contributed by atoms with Crippen LogP contribution in [0.3, 0.4) is 0 Å². The molecule has 2 unspecified atom stereocenters. The number of morpholine rings is 1. The Morgan fingerprint density at radius 1 is 1.45 bits per heavy atom. The van der Waals surface area contributed by atoms with Gasteiger partial charge in [0.1, 0.15) is 0 Å². The number of ether oxygens (including phenoxy) is 1. The van der Waals surface area contributed by atoms with Gasteiger partial charge in [0.05, 0.1) is 12.2 Å². The second kappa shape index (κ2) is 7.23. The normalized spacial score (nSPS) is 22.9. The van der Waals surface area contributed by atoms with Crippen molar-refractivity contribution in [3.8, 4) is 0 Å². The van der Waals surface area contributed by atoms with Crippen molar-refractivity contribution in [2.75, 3.05) is 18.4 Å². The van der Waals surface area contributed by atoms with E-state index in [0.717, 1.165) is 11.8 Å². The van der Waals surface area contributed by atoms with E-state index in [1.54, 1.807) is 0 Å². The third-order valence-corrected chi connectivity index (χ3v) is 4.28. The summed E-state index contributed by atoms with van der Waals surface area (Å²) in [6.07, 6.45) is 1.62. The monoisotopic (exact) mass is 339 g/mol. The molecule has 1 aromatic rings. The molecular formula is C16H22BrNO2. The molecule has 1 aromatic carbocycles. The van der Waals surface area contributed by atoms with Crippen LogP contribution in [-0.2, 0) is 16.0 Å². The second-order valence-corrected chi connectivity index (χ2v) is 6.16. The van der Waals surface area contributed by atoms with E-state index in [4.69, 9.17) is 4.74 Å². The van der Waals surface area contributed by atoms with Gasteiger partial charge in [0, 0.05) is 24.8 Å². The fraction of sp³-hybridized carbons (Fsp3) is 0.562. The van der Waals surface area contributed by atoms with Crippen molar-refractivity contribution < 1.29 is 9.53 Å². The summed E-state index contributed by atoms with van der Waals surface area (Å²) in [6.45, 7) is 5.50. The van der Waals surface area contributed by atoms with Crippen LogP contribution in [0.2, 0.25) is 0 Å². The first-order chi connectivity index (χ1) is 9.58. The predicted molar refractivity (Wildman–Crippen MR) is 84.2 cm³/mol. The van der Waals surface area contributed by atoms with Crippen LogP contribution < -0.4 is 0 Å². The van der Waals surface area contributed by atoms with E-state index in [1.807, 2.05) is 17.9 Å². The highest BCUT2D eigenvalue weighted by Crippen LogP contribution is 2.15. The molecule has 110 valence electrons. The first kappa shape index (κ1) is 15.5. The summed E-state index contributed by atoms with van der Waals surface area (Å²) in [4.78, 5) is 14.3. The van der Waals surface area contributed by atoms with E-state index >= 15 is 0 Å². The highest BCUT2D eigenvalue weighted by molar-refractivity contribution is 9.09. The van der Waals surface area contributed by atoms with E-state index in [0.29, 0.717) is 19.5 Å². The number of carbonyl (C=O) groups is 1. The third kappa shape index (κ3) is 4.32. The Kier molecular flexibility index (Phi) is 5.61. The van der Waals surface area contributed by atoms with Crippen molar-refractivity contribution in [2.45, 2.75) is 38.9 Å². The van der Waals surface area contributed by atoms with Gasteiger partial charge < -0.3 is 9.64 Å². The Morgan fingerprint density at radius 3 is 2.95 bits per heavy atom. The van der Waals surface area contributed by atoms with Crippen molar-refractivity contribution >= 4 is 21.8 Å². The lowest BCUT2D eigenvalue weighted by Gasteiger charge is -2.36. The molecule has 0 radical (unpaired) electrons. The summed E-state index contributed by atoms with van der Waals surface area (Å²) < 4.78 is 5.75. The Balaban J connectivity index is 1.88. The van der Waals surface area contributed by atoms with Crippen LogP contribution in [0.4, 0.5) is 0 Å². The molecule has 1 amide bonds. The first-order valence-corrected chi connectivity index (χ1v) is 8.25. The number of hydrogen-bond donors (Lipinski definition) is 0. The number of amides is 1. The SMILES string of the molecule is Cc1cccc(CCC(=O)N2CC(C)OC(CBr)C2)c1. The second-order valence-electron chi connectivity index (χ2n) is 5.51. The molecule has 2 rings (SSSR count). The van der Waals surface area contributed by atoms with Crippen molar-refractivity contribution in [1.82, 2.24) is 4.90 Å². The van der Waals surface area contributed by atoms with E-state index < -0.39 is 0 Å². The van der Waals surface area contributed by atoms with Crippen LogP contribution in [0.25, 0.3) is 0 Å². The van der Waals surface area contributed by atoms with E-state index in [1.165, 1.54) is 11.1 Å². The minimum atomic E-state index is 0.113. The summed E-state index contributed by atoms with van der Waals surface area (Å²) in [6, 6.07) is 8.36. The van der Waals surface area contributed by atoms with Crippen LogP contribution in [0.1, 0.15) is 24.5 Å². The highest BCUT2D eigenvalue weighted by atomic mass is 79.9. The van der Waals surface area contributed by atoms with Gasteiger partial charge in [-0.2, -0.15) is 0 Å². The van der Waals surface area contributed by atoms with Gasteiger partial charge in [-0.15, -0.1) is 0 Å².